The molecule has 4 rings (SSSR count). The predicted octanol–water partition coefficient (Wildman–Crippen LogP) is 4.70. The number of rotatable bonds is 6. The number of carbonyl (C=O) groups is 1. The van der Waals surface area contributed by atoms with E-state index >= 15 is 0 Å². The van der Waals surface area contributed by atoms with Crippen LogP contribution in [0, 0.1) is 13.8 Å². The Bertz CT molecular complexity index is 973. The highest BCUT2D eigenvalue weighted by Crippen LogP contribution is 2.28. The average Bonchev–Trinajstić information content (AvgIpc) is 3.37. The molecule has 2 aromatic carbocycles. The van der Waals surface area contributed by atoms with Crippen LogP contribution in [0.1, 0.15) is 36.8 Å². The van der Waals surface area contributed by atoms with Gasteiger partial charge in [0, 0.05) is 17.3 Å². The van der Waals surface area contributed by atoms with Gasteiger partial charge in [-0.25, -0.2) is 0 Å². The Balaban J connectivity index is 1.60. The largest absolute Gasteiger partial charge is 0.353 e. The van der Waals surface area contributed by atoms with Gasteiger partial charge in [-0.3, -0.25) is 9.36 Å². The van der Waals surface area contributed by atoms with E-state index in [-0.39, 0.29) is 5.91 Å². The lowest BCUT2D eigenvalue weighted by Crippen LogP contribution is -2.33. The second-order valence-corrected chi connectivity index (χ2v) is 8.62. The zero-order chi connectivity index (χ0) is 20.2. The first kappa shape index (κ1) is 19.7. The maximum absolute atomic E-state index is 12.4. The molecule has 1 aromatic heterocycles. The summed E-state index contributed by atoms with van der Waals surface area (Å²) in [4.78, 5) is 12.4. The number of aryl methyl sites for hydroxylation is 2. The first-order chi connectivity index (χ1) is 14.1. The molecule has 0 atom stereocenters. The third-order valence-corrected chi connectivity index (χ3v) is 6.22. The topological polar surface area (TPSA) is 59.8 Å². The van der Waals surface area contributed by atoms with E-state index < -0.39 is 0 Å². The fourth-order valence-corrected chi connectivity index (χ4v) is 4.41. The highest BCUT2D eigenvalue weighted by molar-refractivity contribution is 7.99. The van der Waals surface area contributed by atoms with Crippen molar-refractivity contribution in [1.29, 1.82) is 0 Å². The molecule has 1 saturated carbocycles. The molecule has 0 saturated heterocycles. The van der Waals surface area contributed by atoms with Crippen LogP contribution >= 0.6 is 11.8 Å². The molecule has 1 amide bonds. The third-order valence-electron chi connectivity index (χ3n) is 5.29. The van der Waals surface area contributed by atoms with Crippen molar-refractivity contribution in [1.82, 2.24) is 20.1 Å². The second-order valence-electron chi connectivity index (χ2n) is 7.68. The van der Waals surface area contributed by atoms with E-state index in [1.54, 1.807) is 0 Å². The lowest BCUT2D eigenvalue weighted by molar-refractivity contribution is -0.119. The highest BCUT2D eigenvalue weighted by Gasteiger charge is 2.20. The SMILES string of the molecule is Cc1ccc(-c2nnc(SCC(=O)NC3CCCC3)n2-c2ccc(C)cc2)cc1. The molecule has 29 heavy (non-hydrogen) atoms. The number of hydrogen-bond donors (Lipinski definition) is 1. The summed E-state index contributed by atoms with van der Waals surface area (Å²) in [6, 6.07) is 16.9. The molecule has 5 nitrogen and oxygen atoms in total. The molecule has 1 aliphatic carbocycles. The zero-order valence-corrected chi connectivity index (χ0v) is 17.7. The van der Waals surface area contributed by atoms with E-state index in [2.05, 4.69) is 77.9 Å². The Morgan fingerprint density at radius 1 is 1.00 bits per heavy atom. The molecule has 1 aliphatic rings. The Morgan fingerprint density at radius 3 is 2.28 bits per heavy atom. The average molecular weight is 407 g/mol. The zero-order valence-electron chi connectivity index (χ0n) is 16.9. The molecular formula is C23H26N4OS. The fraction of sp³-hybridized carbons (Fsp3) is 0.348. The molecule has 0 radical (unpaired) electrons. The van der Waals surface area contributed by atoms with Gasteiger partial charge in [-0.15, -0.1) is 10.2 Å². The Morgan fingerprint density at radius 2 is 1.62 bits per heavy atom. The number of aromatic nitrogens is 3. The van der Waals surface area contributed by atoms with Gasteiger partial charge in [-0.05, 0) is 38.8 Å². The lowest BCUT2D eigenvalue weighted by Gasteiger charge is -2.13. The maximum Gasteiger partial charge on any atom is 0.230 e. The van der Waals surface area contributed by atoms with Crippen LogP contribution in [-0.4, -0.2) is 32.5 Å². The van der Waals surface area contributed by atoms with E-state index in [0.717, 1.165) is 35.1 Å². The molecule has 1 fully saturated rings. The van der Waals surface area contributed by atoms with Gasteiger partial charge in [0.15, 0.2) is 11.0 Å². The normalized spacial score (nSPS) is 14.3. The molecule has 3 aromatic rings. The number of nitrogens with zero attached hydrogens (tertiary/aromatic N) is 3. The van der Waals surface area contributed by atoms with Crippen LogP contribution in [0.15, 0.2) is 53.7 Å². The Kier molecular flexibility index (Phi) is 6.00. The minimum absolute atomic E-state index is 0.0669. The highest BCUT2D eigenvalue weighted by atomic mass is 32.2. The molecule has 0 unspecified atom stereocenters. The summed E-state index contributed by atoms with van der Waals surface area (Å²) in [6.07, 6.45) is 4.60. The summed E-state index contributed by atoms with van der Waals surface area (Å²) < 4.78 is 2.04. The van der Waals surface area contributed by atoms with Crippen molar-refractivity contribution in [3.63, 3.8) is 0 Å². The predicted molar refractivity (Wildman–Crippen MR) is 117 cm³/mol. The van der Waals surface area contributed by atoms with Crippen molar-refractivity contribution in [3.05, 3.63) is 59.7 Å². The summed E-state index contributed by atoms with van der Waals surface area (Å²) in [5, 5.41) is 12.7. The maximum atomic E-state index is 12.4. The number of nitrogens with one attached hydrogen (secondary N) is 1. The molecule has 0 spiro atoms. The summed E-state index contributed by atoms with van der Waals surface area (Å²) in [5.74, 6) is 1.19. The lowest BCUT2D eigenvalue weighted by atomic mass is 10.1. The first-order valence-corrected chi connectivity index (χ1v) is 11.1. The fourth-order valence-electron chi connectivity index (χ4n) is 3.65. The first-order valence-electron chi connectivity index (χ1n) is 10.1. The van der Waals surface area contributed by atoms with Crippen molar-refractivity contribution < 1.29 is 4.79 Å². The monoisotopic (exact) mass is 406 g/mol. The van der Waals surface area contributed by atoms with Crippen molar-refractivity contribution in [2.24, 2.45) is 0 Å². The van der Waals surface area contributed by atoms with E-state index in [4.69, 9.17) is 0 Å². The molecular weight excluding hydrogens is 380 g/mol. The number of hydrogen-bond acceptors (Lipinski definition) is 4. The summed E-state index contributed by atoms with van der Waals surface area (Å²) in [7, 11) is 0. The number of thioether (sulfide) groups is 1. The van der Waals surface area contributed by atoms with Gasteiger partial charge in [0.1, 0.15) is 0 Å². The second kappa shape index (κ2) is 8.82. The Hall–Kier alpha value is -2.60. The molecule has 1 heterocycles. The third kappa shape index (κ3) is 4.70. The Labute approximate surface area is 175 Å². The van der Waals surface area contributed by atoms with Gasteiger partial charge < -0.3 is 5.32 Å². The summed E-state index contributed by atoms with van der Waals surface area (Å²) in [5.41, 5.74) is 4.40. The van der Waals surface area contributed by atoms with Crippen molar-refractivity contribution in [2.45, 2.75) is 50.7 Å². The number of carbonyl (C=O) groups excluding carboxylic acids is 1. The minimum atomic E-state index is 0.0669. The van der Waals surface area contributed by atoms with Crippen LogP contribution in [0.25, 0.3) is 17.1 Å². The van der Waals surface area contributed by atoms with Crippen LogP contribution in [-0.2, 0) is 4.79 Å². The number of amides is 1. The van der Waals surface area contributed by atoms with Gasteiger partial charge >= 0.3 is 0 Å². The molecule has 0 bridgehead atoms. The van der Waals surface area contributed by atoms with E-state index in [9.17, 15) is 4.79 Å². The van der Waals surface area contributed by atoms with Gasteiger partial charge in [0.2, 0.25) is 5.91 Å². The van der Waals surface area contributed by atoms with Crippen LogP contribution in [0.4, 0.5) is 0 Å². The van der Waals surface area contributed by atoms with Gasteiger partial charge in [-0.2, -0.15) is 0 Å². The molecule has 6 heteroatoms. The molecule has 150 valence electrons. The molecule has 0 aliphatic heterocycles. The quantitative estimate of drug-likeness (QED) is 0.603. The van der Waals surface area contributed by atoms with Crippen LogP contribution < -0.4 is 5.32 Å². The van der Waals surface area contributed by atoms with Crippen LogP contribution in [0.3, 0.4) is 0 Å². The van der Waals surface area contributed by atoms with Crippen LogP contribution in [0.5, 0.6) is 0 Å². The smallest absolute Gasteiger partial charge is 0.230 e. The standard InChI is InChI=1S/C23H26N4OS/c1-16-7-11-18(12-8-16)22-25-26-23(27(22)20-13-9-17(2)10-14-20)29-15-21(28)24-19-5-3-4-6-19/h7-14,19H,3-6,15H2,1-2H3,(H,24,28). The van der Waals surface area contributed by atoms with Crippen molar-refractivity contribution in [2.75, 3.05) is 5.75 Å². The summed E-state index contributed by atoms with van der Waals surface area (Å²) >= 11 is 1.43. The van der Waals surface area contributed by atoms with Crippen LogP contribution in [0.2, 0.25) is 0 Å². The van der Waals surface area contributed by atoms with Crippen molar-refractivity contribution >= 4 is 17.7 Å². The van der Waals surface area contributed by atoms with Gasteiger partial charge in [0.25, 0.3) is 0 Å². The van der Waals surface area contributed by atoms with Crippen molar-refractivity contribution in [3.8, 4) is 17.1 Å². The van der Waals surface area contributed by atoms with E-state index in [0.29, 0.717) is 11.8 Å². The van der Waals surface area contributed by atoms with Gasteiger partial charge in [-0.1, -0.05) is 72.1 Å². The molecule has 1 N–H and O–H groups in total. The minimum Gasteiger partial charge on any atom is -0.353 e. The van der Waals surface area contributed by atoms with E-state index in [1.165, 1.54) is 35.7 Å². The number of benzene rings is 2. The summed E-state index contributed by atoms with van der Waals surface area (Å²) in [6.45, 7) is 4.14. The van der Waals surface area contributed by atoms with Gasteiger partial charge in [0.05, 0.1) is 5.75 Å². The van der Waals surface area contributed by atoms with E-state index in [1.807, 2.05) is 4.57 Å².